The van der Waals surface area contributed by atoms with Gasteiger partial charge in [-0.1, -0.05) is 18.6 Å². The molecule has 1 aromatic carbocycles. The molecule has 3 rings (SSSR count). The Balaban J connectivity index is 1.76. The summed E-state index contributed by atoms with van der Waals surface area (Å²) in [5.41, 5.74) is 5.43. The largest absolute Gasteiger partial charge is 0.491 e. The van der Waals surface area contributed by atoms with Crippen molar-refractivity contribution in [3.8, 4) is 5.75 Å². The Morgan fingerprint density at radius 1 is 1.08 bits per heavy atom. The van der Waals surface area contributed by atoms with Crippen LogP contribution in [0.1, 0.15) is 42.5 Å². The summed E-state index contributed by atoms with van der Waals surface area (Å²) in [6.07, 6.45) is 2.59. The van der Waals surface area contributed by atoms with E-state index in [4.69, 9.17) is 10.5 Å². The number of piperidine rings is 1. The molecule has 1 aromatic rings. The molecule has 0 radical (unpaired) electrons. The SMILES string of the molecule is NC(=O)C[C@@H]1NC(=O)C[C@@H](C(=O)NCCN2CCCCC2)NC(=O)c2ccccc2OCCNC1=O. The molecule has 196 valence electrons. The van der Waals surface area contributed by atoms with E-state index >= 15 is 0 Å². The first kappa shape index (κ1) is 26.9. The first-order valence-corrected chi connectivity index (χ1v) is 12.2. The van der Waals surface area contributed by atoms with Gasteiger partial charge in [0.05, 0.1) is 24.9 Å². The first-order chi connectivity index (χ1) is 17.3. The standard InChI is InChI=1S/C24H34N6O6/c25-20(31)14-17-23(34)27-9-13-36-19-7-3-2-6-16(19)22(33)29-18(15-21(32)28-17)24(35)26-8-12-30-10-4-1-5-11-30/h2-3,6-7,17-18H,1,4-5,8-15H2,(H2,25,31)(H,26,35)(H,27,34)(H,28,32)(H,29,33)/t17-,18-/m0/s1. The number of primary amides is 1. The molecule has 0 saturated carbocycles. The minimum absolute atomic E-state index is 0.0354. The van der Waals surface area contributed by atoms with E-state index in [0.717, 1.165) is 25.9 Å². The molecule has 2 aliphatic heterocycles. The quantitative estimate of drug-likeness (QED) is 0.320. The summed E-state index contributed by atoms with van der Waals surface area (Å²) < 4.78 is 5.66. The number of amides is 5. The number of benzene rings is 1. The van der Waals surface area contributed by atoms with Crippen LogP contribution in [0.5, 0.6) is 5.75 Å². The Labute approximate surface area is 209 Å². The second-order valence-corrected chi connectivity index (χ2v) is 8.85. The maximum atomic E-state index is 13.0. The molecule has 6 N–H and O–H groups in total. The summed E-state index contributed by atoms with van der Waals surface area (Å²) in [5.74, 6) is -2.91. The second-order valence-electron chi connectivity index (χ2n) is 8.85. The summed E-state index contributed by atoms with van der Waals surface area (Å²) in [4.78, 5) is 65.0. The lowest BCUT2D eigenvalue weighted by molar-refractivity contribution is -0.132. The number of nitrogens with two attached hydrogens (primary N) is 1. The van der Waals surface area contributed by atoms with Gasteiger partial charge in [0.15, 0.2) is 0 Å². The van der Waals surface area contributed by atoms with Crippen LogP contribution in [0.3, 0.4) is 0 Å². The van der Waals surface area contributed by atoms with Gasteiger partial charge in [-0.15, -0.1) is 0 Å². The monoisotopic (exact) mass is 502 g/mol. The van der Waals surface area contributed by atoms with Gasteiger partial charge in [-0.25, -0.2) is 0 Å². The van der Waals surface area contributed by atoms with Gasteiger partial charge in [0, 0.05) is 13.1 Å². The maximum Gasteiger partial charge on any atom is 0.255 e. The molecule has 5 amide bonds. The van der Waals surface area contributed by atoms with Crippen LogP contribution in [-0.4, -0.2) is 85.9 Å². The molecule has 2 aliphatic rings. The molecule has 0 bridgehead atoms. The molecule has 1 fully saturated rings. The number of fused-ring (bicyclic) bond motifs is 1. The van der Waals surface area contributed by atoms with Gasteiger partial charge in [0.1, 0.15) is 24.4 Å². The Bertz CT molecular complexity index is 964. The van der Waals surface area contributed by atoms with Crippen molar-refractivity contribution in [1.82, 2.24) is 26.2 Å². The molecule has 12 heteroatoms. The van der Waals surface area contributed by atoms with E-state index in [2.05, 4.69) is 26.2 Å². The van der Waals surface area contributed by atoms with Crippen LogP contribution in [0.15, 0.2) is 24.3 Å². The summed E-state index contributed by atoms with van der Waals surface area (Å²) in [5, 5.41) is 10.4. The Morgan fingerprint density at radius 2 is 1.83 bits per heavy atom. The number of hydrogen-bond acceptors (Lipinski definition) is 7. The number of rotatable bonds is 6. The highest BCUT2D eigenvalue weighted by atomic mass is 16.5. The number of ether oxygens (including phenoxy) is 1. The Morgan fingerprint density at radius 3 is 2.58 bits per heavy atom. The summed E-state index contributed by atoms with van der Waals surface area (Å²) in [7, 11) is 0. The Hall–Kier alpha value is -3.67. The lowest BCUT2D eigenvalue weighted by Crippen LogP contribution is -2.53. The van der Waals surface area contributed by atoms with Crippen molar-refractivity contribution in [2.75, 3.05) is 39.3 Å². The molecule has 0 aliphatic carbocycles. The highest BCUT2D eigenvalue weighted by Crippen LogP contribution is 2.18. The predicted molar refractivity (Wildman–Crippen MR) is 130 cm³/mol. The molecule has 36 heavy (non-hydrogen) atoms. The third-order valence-corrected chi connectivity index (χ3v) is 6.03. The molecule has 0 spiro atoms. The number of nitrogens with one attached hydrogen (secondary N) is 4. The molecule has 2 heterocycles. The van der Waals surface area contributed by atoms with E-state index in [9.17, 15) is 24.0 Å². The maximum absolute atomic E-state index is 13.0. The summed E-state index contributed by atoms with van der Waals surface area (Å²) in [6.45, 7) is 3.07. The van der Waals surface area contributed by atoms with Gasteiger partial charge in [-0.05, 0) is 38.1 Å². The zero-order valence-electron chi connectivity index (χ0n) is 20.2. The van der Waals surface area contributed by atoms with Crippen LogP contribution in [0.4, 0.5) is 0 Å². The van der Waals surface area contributed by atoms with Crippen LogP contribution >= 0.6 is 0 Å². The number of nitrogens with zero attached hydrogens (tertiary/aromatic N) is 1. The number of likely N-dealkylation sites (tertiary alicyclic amines) is 1. The van der Waals surface area contributed by atoms with Crippen LogP contribution in [0, 0.1) is 0 Å². The molecule has 1 saturated heterocycles. The van der Waals surface area contributed by atoms with Crippen molar-refractivity contribution >= 4 is 29.5 Å². The fourth-order valence-electron chi connectivity index (χ4n) is 4.18. The van der Waals surface area contributed by atoms with E-state index < -0.39 is 54.5 Å². The minimum atomic E-state index is -1.22. The number of hydrogen-bond donors (Lipinski definition) is 5. The van der Waals surface area contributed by atoms with E-state index in [1.165, 1.54) is 6.42 Å². The zero-order valence-corrected chi connectivity index (χ0v) is 20.2. The fourth-order valence-corrected chi connectivity index (χ4v) is 4.18. The summed E-state index contributed by atoms with van der Waals surface area (Å²) >= 11 is 0. The van der Waals surface area contributed by atoms with Crippen LogP contribution in [0.25, 0.3) is 0 Å². The van der Waals surface area contributed by atoms with Crippen LogP contribution in [0.2, 0.25) is 0 Å². The predicted octanol–water partition coefficient (Wildman–Crippen LogP) is -1.35. The van der Waals surface area contributed by atoms with E-state index in [1.807, 2.05) is 0 Å². The van der Waals surface area contributed by atoms with E-state index in [-0.39, 0.29) is 24.5 Å². The molecule has 0 aromatic heterocycles. The van der Waals surface area contributed by atoms with Gasteiger partial charge in [-0.3, -0.25) is 24.0 Å². The molecule has 0 unspecified atom stereocenters. The highest BCUT2D eigenvalue weighted by Gasteiger charge is 2.29. The van der Waals surface area contributed by atoms with Gasteiger partial charge < -0.3 is 36.6 Å². The van der Waals surface area contributed by atoms with Crippen molar-refractivity contribution in [3.05, 3.63) is 29.8 Å². The van der Waals surface area contributed by atoms with Crippen molar-refractivity contribution < 1.29 is 28.7 Å². The lowest BCUT2D eigenvalue weighted by Gasteiger charge is -2.27. The molecular formula is C24H34N6O6. The summed E-state index contributed by atoms with van der Waals surface area (Å²) in [6, 6.07) is 4.05. The normalized spacial score (nSPS) is 22.1. The minimum Gasteiger partial charge on any atom is -0.491 e. The fraction of sp³-hybridized carbons (Fsp3) is 0.542. The van der Waals surface area contributed by atoms with Crippen LogP contribution in [-0.2, 0) is 19.2 Å². The zero-order chi connectivity index (χ0) is 25.9. The average Bonchev–Trinajstić information content (AvgIpc) is 2.85. The van der Waals surface area contributed by atoms with E-state index in [1.54, 1.807) is 24.3 Å². The molecular weight excluding hydrogens is 468 g/mol. The van der Waals surface area contributed by atoms with Gasteiger partial charge in [0.25, 0.3) is 5.91 Å². The third-order valence-electron chi connectivity index (χ3n) is 6.03. The van der Waals surface area contributed by atoms with Gasteiger partial charge in [0.2, 0.25) is 23.6 Å². The molecule has 12 nitrogen and oxygen atoms in total. The lowest BCUT2D eigenvalue weighted by atomic mass is 10.1. The van der Waals surface area contributed by atoms with Crippen molar-refractivity contribution in [3.63, 3.8) is 0 Å². The van der Waals surface area contributed by atoms with Crippen molar-refractivity contribution in [2.45, 2.75) is 44.2 Å². The number of carbonyl (C=O) groups is 5. The van der Waals surface area contributed by atoms with Crippen molar-refractivity contribution in [2.24, 2.45) is 5.73 Å². The highest BCUT2D eigenvalue weighted by molar-refractivity contribution is 6.01. The van der Waals surface area contributed by atoms with Gasteiger partial charge in [-0.2, -0.15) is 0 Å². The average molecular weight is 503 g/mol. The third kappa shape index (κ3) is 8.22. The smallest absolute Gasteiger partial charge is 0.255 e. The second kappa shape index (κ2) is 13.4. The van der Waals surface area contributed by atoms with Crippen molar-refractivity contribution in [1.29, 1.82) is 0 Å². The molecule has 2 atom stereocenters. The number of para-hydroxylation sites is 1. The first-order valence-electron chi connectivity index (χ1n) is 12.2. The topological polar surface area (TPSA) is 172 Å². The Kier molecular flexibility index (Phi) is 10.0. The number of carbonyl (C=O) groups excluding carboxylic acids is 5. The van der Waals surface area contributed by atoms with E-state index in [0.29, 0.717) is 13.1 Å². The van der Waals surface area contributed by atoms with Gasteiger partial charge >= 0.3 is 0 Å². The van der Waals surface area contributed by atoms with Crippen LogP contribution < -0.4 is 31.7 Å².